The Balaban J connectivity index is 1.91. The number of hydrogen-bond donors (Lipinski definition) is 2. The highest BCUT2D eigenvalue weighted by Gasteiger charge is 2.10. The van der Waals surface area contributed by atoms with E-state index >= 15 is 0 Å². The molecule has 2 rings (SSSR count). The second kappa shape index (κ2) is 6.85. The van der Waals surface area contributed by atoms with Gasteiger partial charge in [-0.25, -0.2) is 4.39 Å². The molecule has 0 fully saturated rings. The molecule has 0 aliphatic rings. The average Bonchev–Trinajstić information content (AvgIpc) is 2.46. The summed E-state index contributed by atoms with van der Waals surface area (Å²) >= 11 is 0. The summed E-state index contributed by atoms with van der Waals surface area (Å²) in [6.07, 6.45) is -0.888. The number of halogens is 1. The fourth-order valence-corrected chi connectivity index (χ4v) is 1.80. The van der Waals surface area contributed by atoms with E-state index in [0.717, 1.165) is 6.07 Å². The van der Waals surface area contributed by atoms with Crippen molar-refractivity contribution in [1.29, 1.82) is 0 Å². The maximum absolute atomic E-state index is 13.6. The third kappa shape index (κ3) is 4.29. The molecule has 0 aliphatic carbocycles. The minimum absolute atomic E-state index is 0.191. The summed E-state index contributed by atoms with van der Waals surface area (Å²) in [6, 6.07) is 13.1. The molecule has 110 valence electrons. The van der Waals surface area contributed by atoms with Crippen LogP contribution in [0.5, 0.6) is 5.75 Å². The minimum Gasteiger partial charge on any atom is -0.484 e. The molecule has 1 atom stereocenters. The molecule has 1 amide bonds. The Bertz CT molecular complexity index is 614. The van der Waals surface area contributed by atoms with Gasteiger partial charge in [0.25, 0.3) is 5.91 Å². The number of carbonyl (C=O) groups is 1. The zero-order valence-electron chi connectivity index (χ0n) is 11.5. The van der Waals surface area contributed by atoms with Crippen molar-refractivity contribution in [2.24, 2.45) is 0 Å². The second-order valence-electron chi connectivity index (χ2n) is 4.56. The first-order valence-electron chi connectivity index (χ1n) is 6.51. The van der Waals surface area contributed by atoms with Crippen LogP contribution in [0.15, 0.2) is 48.5 Å². The minimum atomic E-state index is -0.888. The molecule has 4 nitrogen and oxygen atoms in total. The van der Waals surface area contributed by atoms with Crippen LogP contribution in [0.25, 0.3) is 0 Å². The summed E-state index contributed by atoms with van der Waals surface area (Å²) < 4.78 is 18.9. The van der Waals surface area contributed by atoms with Gasteiger partial charge in [0.15, 0.2) is 6.61 Å². The molecule has 2 aromatic carbocycles. The van der Waals surface area contributed by atoms with Gasteiger partial charge >= 0.3 is 0 Å². The number of benzene rings is 2. The zero-order chi connectivity index (χ0) is 15.2. The molecule has 0 aliphatic heterocycles. The number of carbonyl (C=O) groups excluding carboxylic acids is 1. The fourth-order valence-electron chi connectivity index (χ4n) is 1.80. The lowest BCUT2D eigenvalue weighted by atomic mass is 10.1. The molecule has 0 radical (unpaired) electrons. The highest BCUT2D eigenvalue weighted by Crippen LogP contribution is 2.21. The van der Waals surface area contributed by atoms with Crippen molar-refractivity contribution in [3.8, 4) is 5.75 Å². The smallest absolute Gasteiger partial charge is 0.262 e. The summed E-state index contributed by atoms with van der Waals surface area (Å²) in [7, 11) is 0. The Hall–Kier alpha value is -2.40. The van der Waals surface area contributed by atoms with E-state index in [1.54, 1.807) is 24.3 Å². The Kier molecular flexibility index (Phi) is 4.90. The van der Waals surface area contributed by atoms with E-state index in [1.807, 2.05) is 6.07 Å². The number of aliphatic hydroxyl groups excluding tert-OH is 1. The second-order valence-corrected chi connectivity index (χ2v) is 4.56. The molecule has 5 heteroatoms. The van der Waals surface area contributed by atoms with Gasteiger partial charge in [-0.2, -0.15) is 0 Å². The lowest BCUT2D eigenvalue weighted by Gasteiger charge is -2.10. The summed E-state index contributed by atoms with van der Waals surface area (Å²) in [4.78, 5) is 11.7. The Morgan fingerprint density at radius 1 is 1.29 bits per heavy atom. The maximum atomic E-state index is 13.6. The summed E-state index contributed by atoms with van der Waals surface area (Å²) in [6.45, 7) is 1.26. The molecular formula is C16H16FNO3. The topological polar surface area (TPSA) is 58.6 Å². The van der Waals surface area contributed by atoms with Crippen LogP contribution in [0.3, 0.4) is 0 Å². The van der Waals surface area contributed by atoms with Crippen molar-refractivity contribution < 1.29 is 19.0 Å². The van der Waals surface area contributed by atoms with Crippen molar-refractivity contribution in [1.82, 2.24) is 0 Å². The number of ether oxygens (including phenoxy) is 1. The van der Waals surface area contributed by atoms with Gasteiger partial charge in [0.2, 0.25) is 0 Å². The highest BCUT2D eigenvalue weighted by molar-refractivity contribution is 5.91. The normalized spacial score (nSPS) is 11.8. The van der Waals surface area contributed by atoms with Gasteiger partial charge < -0.3 is 15.2 Å². The molecule has 21 heavy (non-hydrogen) atoms. The molecule has 0 saturated heterocycles. The van der Waals surface area contributed by atoms with Crippen LogP contribution in [0.4, 0.5) is 10.1 Å². The van der Waals surface area contributed by atoms with Gasteiger partial charge in [-0.1, -0.05) is 18.2 Å². The highest BCUT2D eigenvalue weighted by atomic mass is 19.1. The van der Waals surface area contributed by atoms with Crippen molar-refractivity contribution in [2.75, 3.05) is 11.9 Å². The molecule has 0 unspecified atom stereocenters. The number of aliphatic hydroxyl groups is 1. The van der Waals surface area contributed by atoms with E-state index < -0.39 is 11.9 Å². The molecule has 0 aromatic heterocycles. The number of nitrogens with one attached hydrogen (secondary N) is 1. The van der Waals surface area contributed by atoms with Gasteiger partial charge in [0, 0.05) is 17.3 Å². The first-order valence-corrected chi connectivity index (χ1v) is 6.51. The summed E-state index contributed by atoms with van der Waals surface area (Å²) in [5, 5.41) is 12.0. The first-order chi connectivity index (χ1) is 10.1. The average molecular weight is 289 g/mol. The number of hydrogen-bond acceptors (Lipinski definition) is 3. The van der Waals surface area contributed by atoms with Gasteiger partial charge in [-0.3, -0.25) is 4.79 Å². The molecule has 2 aromatic rings. The van der Waals surface area contributed by atoms with E-state index in [0.29, 0.717) is 5.69 Å². The predicted molar refractivity (Wildman–Crippen MR) is 77.6 cm³/mol. The molecule has 0 bridgehead atoms. The SMILES string of the molecule is C[C@H](O)c1ccc(OCC(=O)Nc2ccccc2)cc1F. The summed E-state index contributed by atoms with van der Waals surface area (Å²) in [5.41, 5.74) is 0.859. The van der Waals surface area contributed by atoms with E-state index in [-0.39, 0.29) is 23.8 Å². The van der Waals surface area contributed by atoms with E-state index in [1.165, 1.54) is 19.1 Å². The zero-order valence-corrected chi connectivity index (χ0v) is 11.5. The van der Waals surface area contributed by atoms with Gasteiger partial charge in [-0.05, 0) is 31.2 Å². The maximum Gasteiger partial charge on any atom is 0.262 e. The molecular weight excluding hydrogens is 273 g/mol. The van der Waals surface area contributed by atoms with Crippen LogP contribution in [-0.2, 0) is 4.79 Å². The van der Waals surface area contributed by atoms with Crippen LogP contribution in [0.1, 0.15) is 18.6 Å². The number of amides is 1. The lowest BCUT2D eigenvalue weighted by Crippen LogP contribution is -2.20. The van der Waals surface area contributed by atoms with Crippen molar-refractivity contribution in [3.05, 3.63) is 59.9 Å². The largest absolute Gasteiger partial charge is 0.484 e. The lowest BCUT2D eigenvalue weighted by molar-refractivity contribution is -0.118. The van der Waals surface area contributed by atoms with Crippen LogP contribution in [-0.4, -0.2) is 17.6 Å². The molecule has 0 saturated carbocycles. The summed E-state index contributed by atoms with van der Waals surface area (Å²) in [5.74, 6) is -0.660. The first kappa shape index (κ1) is 15.0. The molecule has 0 heterocycles. The van der Waals surface area contributed by atoms with Crippen LogP contribution >= 0.6 is 0 Å². The van der Waals surface area contributed by atoms with Crippen molar-refractivity contribution in [3.63, 3.8) is 0 Å². The van der Waals surface area contributed by atoms with Gasteiger partial charge in [0.1, 0.15) is 11.6 Å². The standard InChI is InChI=1S/C16H16FNO3/c1-11(19)14-8-7-13(9-15(14)17)21-10-16(20)18-12-5-3-2-4-6-12/h2-9,11,19H,10H2,1H3,(H,18,20)/t11-/m0/s1. The number of anilines is 1. The van der Waals surface area contributed by atoms with Gasteiger partial charge in [0.05, 0.1) is 6.10 Å². The van der Waals surface area contributed by atoms with Crippen molar-refractivity contribution in [2.45, 2.75) is 13.0 Å². The fraction of sp³-hybridized carbons (Fsp3) is 0.188. The third-order valence-electron chi connectivity index (χ3n) is 2.85. The number of rotatable bonds is 5. The number of para-hydroxylation sites is 1. The molecule has 2 N–H and O–H groups in total. The van der Waals surface area contributed by atoms with Crippen LogP contribution in [0.2, 0.25) is 0 Å². The Labute approximate surface area is 122 Å². The Morgan fingerprint density at radius 2 is 2.00 bits per heavy atom. The Morgan fingerprint density at radius 3 is 2.62 bits per heavy atom. The van der Waals surface area contributed by atoms with E-state index in [4.69, 9.17) is 4.74 Å². The van der Waals surface area contributed by atoms with Crippen molar-refractivity contribution >= 4 is 11.6 Å². The quantitative estimate of drug-likeness (QED) is 0.889. The van der Waals surface area contributed by atoms with E-state index in [9.17, 15) is 14.3 Å². The van der Waals surface area contributed by atoms with E-state index in [2.05, 4.69) is 5.32 Å². The van der Waals surface area contributed by atoms with Gasteiger partial charge in [-0.15, -0.1) is 0 Å². The third-order valence-corrected chi connectivity index (χ3v) is 2.85. The molecule has 0 spiro atoms. The predicted octanol–water partition coefficient (Wildman–Crippen LogP) is 2.90. The monoisotopic (exact) mass is 289 g/mol. The van der Waals surface area contributed by atoms with Crippen LogP contribution in [0, 0.1) is 5.82 Å². The van der Waals surface area contributed by atoms with Crippen LogP contribution < -0.4 is 10.1 Å².